The van der Waals surface area contributed by atoms with Crippen molar-refractivity contribution >= 4 is 28.9 Å². The molecule has 0 saturated heterocycles. The predicted octanol–water partition coefficient (Wildman–Crippen LogP) is 5.70. The number of hydrogen-bond acceptors (Lipinski definition) is 4. The van der Waals surface area contributed by atoms with Gasteiger partial charge in [-0.3, -0.25) is 0 Å². The molecule has 3 rings (SSSR count). The third-order valence-corrected chi connectivity index (χ3v) is 4.53. The van der Waals surface area contributed by atoms with Crippen molar-refractivity contribution in [2.75, 3.05) is 12.5 Å². The summed E-state index contributed by atoms with van der Waals surface area (Å²) in [7, 11) is 1.64. The van der Waals surface area contributed by atoms with Crippen LogP contribution in [0.3, 0.4) is 0 Å². The van der Waals surface area contributed by atoms with Crippen LogP contribution >= 0.6 is 23.2 Å². The van der Waals surface area contributed by atoms with Crippen LogP contribution in [0.25, 0.3) is 0 Å². The quantitative estimate of drug-likeness (QED) is 0.474. The number of ether oxygens (including phenoxy) is 2. The van der Waals surface area contributed by atoms with E-state index in [0.29, 0.717) is 28.9 Å². The fourth-order valence-electron chi connectivity index (χ4n) is 2.59. The standard InChI is InChI=1S/C21H20Cl2N2O2/c1-26-20-11-10-15(13-24-25-17-6-3-2-4-7-17)12-16(20)14-27-21-18(22)8-5-9-19(21)23/h2-12,24-25H,13-14H2,1H3. The lowest BCUT2D eigenvalue weighted by molar-refractivity contribution is 0.297. The highest BCUT2D eigenvalue weighted by atomic mass is 35.5. The highest BCUT2D eigenvalue weighted by Crippen LogP contribution is 2.33. The Kier molecular flexibility index (Phi) is 6.82. The second-order valence-electron chi connectivity index (χ2n) is 5.83. The summed E-state index contributed by atoms with van der Waals surface area (Å²) in [4.78, 5) is 0. The third kappa shape index (κ3) is 5.30. The van der Waals surface area contributed by atoms with Crippen molar-refractivity contribution in [3.63, 3.8) is 0 Å². The first-order valence-corrected chi connectivity index (χ1v) is 9.19. The fourth-order valence-corrected chi connectivity index (χ4v) is 3.10. The van der Waals surface area contributed by atoms with E-state index >= 15 is 0 Å². The summed E-state index contributed by atoms with van der Waals surface area (Å²) in [6, 6.07) is 21.2. The molecule has 0 aliphatic heterocycles. The van der Waals surface area contributed by atoms with Crippen molar-refractivity contribution in [1.29, 1.82) is 0 Å². The molecule has 3 aromatic rings. The maximum atomic E-state index is 6.17. The van der Waals surface area contributed by atoms with E-state index in [9.17, 15) is 0 Å². The van der Waals surface area contributed by atoms with Crippen LogP contribution in [0.1, 0.15) is 11.1 Å². The second kappa shape index (κ2) is 9.51. The zero-order valence-corrected chi connectivity index (χ0v) is 16.3. The highest BCUT2D eigenvalue weighted by molar-refractivity contribution is 6.37. The van der Waals surface area contributed by atoms with E-state index in [1.54, 1.807) is 25.3 Å². The van der Waals surface area contributed by atoms with Gasteiger partial charge in [0.25, 0.3) is 0 Å². The number of methoxy groups -OCH3 is 1. The second-order valence-corrected chi connectivity index (χ2v) is 6.64. The molecule has 3 aromatic carbocycles. The zero-order chi connectivity index (χ0) is 19.1. The molecule has 6 heteroatoms. The number of nitrogens with one attached hydrogen (secondary N) is 2. The lowest BCUT2D eigenvalue weighted by Crippen LogP contribution is -2.20. The number of hydrogen-bond donors (Lipinski definition) is 2. The van der Waals surface area contributed by atoms with Gasteiger partial charge >= 0.3 is 0 Å². The number of rotatable bonds is 8. The van der Waals surface area contributed by atoms with Crippen molar-refractivity contribution in [2.45, 2.75) is 13.2 Å². The number of anilines is 1. The van der Waals surface area contributed by atoms with Crippen molar-refractivity contribution in [3.05, 3.63) is 87.9 Å². The first-order valence-electron chi connectivity index (χ1n) is 8.44. The fraction of sp³-hybridized carbons (Fsp3) is 0.143. The van der Waals surface area contributed by atoms with Crippen LogP contribution in [0.15, 0.2) is 66.7 Å². The first-order chi connectivity index (χ1) is 13.2. The molecule has 0 aliphatic carbocycles. The minimum Gasteiger partial charge on any atom is -0.496 e. The van der Waals surface area contributed by atoms with E-state index in [0.717, 1.165) is 22.6 Å². The van der Waals surface area contributed by atoms with Gasteiger partial charge in [0, 0.05) is 17.8 Å². The van der Waals surface area contributed by atoms with Gasteiger partial charge in [0.1, 0.15) is 12.4 Å². The smallest absolute Gasteiger partial charge is 0.156 e. The van der Waals surface area contributed by atoms with Crippen LogP contribution < -0.4 is 20.3 Å². The summed E-state index contributed by atoms with van der Waals surface area (Å²) in [5.41, 5.74) is 9.37. The van der Waals surface area contributed by atoms with Crippen LogP contribution in [-0.2, 0) is 13.2 Å². The van der Waals surface area contributed by atoms with Crippen molar-refractivity contribution in [1.82, 2.24) is 5.43 Å². The first kappa shape index (κ1) is 19.4. The summed E-state index contributed by atoms with van der Waals surface area (Å²) in [5, 5.41) is 0.956. The molecule has 0 atom stereocenters. The Morgan fingerprint density at radius 1 is 0.889 bits per heavy atom. The molecule has 0 amide bonds. The van der Waals surface area contributed by atoms with Crippen LogP contribution in [0.4, 0.5) is 5.69 Å². The largest absolute Gasteiger partial charge is 0.496 e. The van der Waals surface area contributed by atoms with Gasteiger partial charge in [0.15, 0.2) is 5.75 Å². The maximum absolute atomic E-state index is 6.17. The monoisotopic (exact) mass is 402 g/mol. The Labute approximate surface area is 169 Å². The van der Waals surface area contributed by atoms with Crippen LogP contribution in [0, 0.1) is 0 Å². The Morgan fingerprint density at radius 3 is 2.33 bits per heavy atom. The molecule has 0 aliphatic rings. The predicted molar refractivity (Wildman–Crippen MR) is 111 cm³/mol. The minimum atomic E-state index is 0.298. The number of para-hydroxylation sites is 2. The van der Waals surface area contributed by atoms with Gasteiger partial charge < -0.3 is 14.9 Å². The normalized spacial score (nSPS) is 10.5. The van der Waals surface area contributed by atoms with Crippen molar-refractivity contribution in [2.24, 2.45) is 0 Å². The van der Waals surface area contributed by atoms with Gasteiger partial charge in [0.2, 0.25) is 0 Å². The van der Waals surface area contributed by atoms with Crippen LogP contribution in [-0.4, -0.2) is 7.11 Å². The molecular weight excluding hydrogens is 383 g/mol. The molecular formula is C21H20Cl2N2O2. The lowest BCUT2D eigenvalue weighted by atomic mass is 10.1. The maximum Gasteiger partial charge on any atom is 0.156 e. The lowest BCUT2D eigenvalue weighted by Gasteiger charge is -2.14. The number of halogens is 2. The van der Waals surface area contributed by atoms with Crippen molar-refractivity contribution < 1.29 is 9.47 Å². The number of hydrazine groups is 1. The van der Waals surface area contributed by atoms with Crippen LogP contribution in [0.2, 0.25) is 10.0 Å². The van der Waals surface area contributed by atoms with E-state index in [2.05, 4.69) is 10.9 Å². The Balaban J connectivity index is 1.66. The molecule has 0 heterocycles. The Morgan fingerprint density at radius 2 is 1.63 bits per heavy atom. The summed E-state index contributed by atoms with van der Waals surface area (Å²) in [5.74, 6) is 1.22. The Hall–Kier alpha value is -2.40. The third-order valence-electron chi connectivity index (χ3n) is 3.93. The molecule has 0 unspecified atom stereocenters. The van der Waals surface area contributed by atoms with Gasteiger partial charge in [0.05, 0.1) is 17.2 Å². The van der Waals surface area contributed by atoms with Crippen molar-refractivity contribution in [3.8, 4) is 11.5 Å². The van der Waals surface area contributed by atoms with E-state index in [-0.39, 0.29) is 0 Å². The van der Waals surface area contributed by atoms with Gasteiger partial charge in [-0.1, -0.05) is 53.5 Å². The summed E-state index contributed by atoms with van der Waals surface area (Å²) in [6.07, 6.45) is 0. The van der Waals surface area contributed by atoms with E-state index < -0.39 is 0 Å². The molecule has 0 saturated carbocycles. The molecule has 0 radical (unpaired) electrons. The summed E-state index contributed by atoms with van der Waals surface area (Å²) in [6.45, 7) is 0.936. The molecule has 140 valence electrons. The van der Waals surface area contributed by atoms with Crippen LogP contribution in [0.5, 0.6) is 11.5 Å². The number of benzene rings is 3. The molecule has 4 nitrogen and oxygen atoms in total. The van der Waals surface area contributed by atoms with E-state index in [4.69, 9.17) is 32.7 Å². The molecule has 27 heavy (non-hydrogen) atoms. The summed E-state index contributed by atoms with van der Waals surface area (Å²) >= 11 is 12.3. The minimum absolute atomic E-state index is 0.298. The van der Waals surface area contributed by atoms with Gasteiger partial charge in [-0.25, -0.2) is 5.43 Å². The van der Waals surface area contributed by atoms with Gasteiger partial charge in [-0.2, -0.15) is 0 Å². The molecule has 2 N–H and O–H groups in total. The van der Waals surface area contributed by atoms with Gasteiger partial charge in [-0.15, -0.1) is 0 Å². The van der Waals surface area contributed by atoms with E-state index in [1.807, 2.05) is 48.5 Å². The molecule has 0 aromatic heterocycles. The molecule has 0 spiro atoms. The topological polar surface area (TPSA) is 42.5 Å². The zero-order valence-electron chi connectivity index (χ0n) is 14.8. The summed E-state index contributed by atoms with van der Waals surface area (Å²) < 4.78 is 11.3. The molecule has 0 bridgehead atoms. The average Bonchev–Trinajstić information content (AvgIpc) is 2.68. The highest BCUT2D eigenvalue weighted by Gasteiger charge is 2.10. The van der Waals surface area contributed by atoms with E-state index in [1.165, 1.54) is 0 Å². The Bertz CT molecular complexity index is 868. The SMILES string of the molecule is COc1ccc(CNNc2ccccc2)cc1COc1c(Cl)cccc1Cl. The average molecular weight is 403 g/mol. The molecule has 0 fully saturated rings. The van der Waals surface area contributed by atoms with Gasteiger partial charge in [-0.05, 0) is 42.0 Å².